The van der Waals surface area contributed by atoms with Crippen LogP contribution in [-0.2, 0) is 0 Å². The first-order chi connectivity index (χ1) is 8.61. The van der Waals surface area contributed by atoms with E-state index < -0.39 is 0 Å². The summed E-state index contributed by atoms with van der Waals surface area (Å²) in [6.45, 7) is 4.60. The highest BCUT2D eigenvalue weighted by Gasteiger charge is 2.17. The predicted molar refractivity (Wildman–Crippen MR) is 74.8 cm³/mol. The minimum atomic E-state index is -0.322. The topological polar surface area (TPSA) is 48.4 Å². The first kappa shape index (κ1) is 13.2. The Balaban J connectivity index is 2.39. The third kappa shape index (κ3) is 2.76. The summed E-state index contributed by atoms with van der Waals surface area (Å²) in [6.07, 6.45) is 0. The van der Waals surface area contributed by atoms with E-state index in [4.69, 9.17) is 14.9 Å². The van der Waals surface area contributed by atoms with Gasteiger partial charge in [-0.1, -0.05) is 17.7 Å². The summed E-state index contributed by atoms with van der Waals surface area (Å²) >= 11 is 3.28. The van der Waals surface area contributed by atoms with Gasteiger partial charge in [-0.3, -0.25) is 0 Å². The lowest BCUT2D eigenvalue weighted by Crippen LogP contribution is -2.13. The van der Waals surface area contributed by atoms with E-state index in [1.807, 2.05) is 44.2 Å². The van der Waals surface area contributed by atoms with Crippen LogP contribution in [0.2, 0.25) is 0 Å². The van der Waals surface area contributed by atoms with Crippen LogP contribution in [-0.4, -0.2) is 6.61 Å². The molecule has 0 saturated heterocycles. The number of hydrogen-bond acceptors (Lipinski definition) is 3. The van der Waals surface area contributed by atoms with Crippen molar-refractivity contribution in [2.75, 3.05) is 6.61 Å². The number of aryl methyl sites for hydroxylation is 1. The molecule has 0 saturated carbocycles. The zero-order chi connectivity index (χ0) is 13.1. The van der Waals surface area contributed by atoms with Gasteiger partial charge in [0.25, 0.3) is 0 Å². The van der Waals surface area contributed by atoms with E-state index in [0.29, 0.717) is 17.0 Å². The second kappa shape index (κ2) is 5.59. The van der Waals surface area contributed by atoms with Gasteiger partial charge in [-0.2, -0.15) is 0 Å². The fourth-order valence-electron chi connectivity index (χ4n) is 1.85. The van der Waals surface area contributed by atoms with Crippen molar-refractivity contribution < 1.29 is 9.15 Å². The molecule has 0 spiro atoms. The largest absolute Gasteiger partial charge is 0.494 e. The molecule has 4 heteroatoms. The van der Waals surface area contributed by atoms with Gasteiger partial charge in [-0.15, -0.1) is 0 Å². The fraction of sp³-hybridized carbons (Fsp3) is 0.286. The highest BCUT2D eigenvalue weighted by atomic mass is 79.9. The molecule has 1 heterocycles. The fourth-order valence-corrected chi connectivity index (χ4v) is 2.17. The minimum absolute atomic E-state index is 0.322. The van der Waals surface area contributed by atoms with E-state index in [1.54, 1.807) is 0 Å². The average Bonchev–Trinajstić information content (AvgIpc) is 2.77. The molecule has 0 aliphatic heterocycles. The Labute approximate surface area is 115 Å². The highest BCUT2D eigenvalue weighted by Crippen LogP contribution is 2.31. The first-order valence-corrected chi connectivity index (χ1v) is 6.65. The van der Waals surface area contributed by atoms with Crippen molar-refractivity contribution >= 4 is 15.9 Å². The maximum absolute atomic E-state index is 6.24. The molecule has 0 aliphatic rings. The zero-order valence-corrected chi connectivity index (χ0v) is 12.0. The van der Waals surface area contributed by atoms with Crippen molar-refractivity contribution in [1.29, 1.82) is 0 Å². The molecule has 0 bridgehead atoms. The van der Waals surface area contributed by atoms with Gasteiger partial charge in [0, 0.05) is 5.56 Å². The van der Waals surface area contributed by atoms with Gasteiger partial charge >= 0.3 is 0 Å². The van der Waals surface area contributed by atoms with Gasteiger partial charge in [0.15, 0.2) is 4.67 Å². The molecule has 2 rings (SSSR count). The summed E-state index contributed by atoms with van der Waals surface area (Å²) in [4.78, 5) is 0. The molecule has 1 aromatic heterocycles. The molecule has 2 N–H and O–H groups in total. The van der Waals surface area contributed by atoms with Crippen LogP contribution in [0.3, 0.4) is 0 Å². The van der Waals surface area contributed by atoms with E-state index in [0.717, 1.165) is 16.9 Å². The monoisotopic (exact) mass is 309 g/mol. The first-order valence-electron chi connectivity index (χ1n) is 5.86. The van der Waals surface area contributed by atoms with Gasteiger partial charge in [0.05, 0.1) is 12.6 Å². The molecular formula is C14H16BrNO2. The average molecular weight is 310 g/mol. The van der Waals surface area contributed by atoms with Crippen molar-refractivity contribution in [3.05, 3.63) is 51.9 Å². The maximum atomic E-state index is 6.24. The lowest BCUT2D eigenvalue weighted by molar-refractivity contribution is 0.333. The van der Waals surface area contributed by atoms with Gasteiger partial charge in [0.2, 0.25) is 0 Å². The Morgan fingerprint density at radius 2 is 2.11 bits per heavy atom. The van der Waals surface area contributed by atoms with E-state index in [1.165, 1.54) is 0 Å². The van der Waals surface area contributed by atoms with Crippen LogP contribution in [0.15, 0.2) is 39.4 Å². The number of rotatable bonds is 4. The molecule has 0 aliphatic carbocycles. The molecule has 2 aromatic rings. The maximum Gasteiger partial charge on any atom is 0.169 e. The van der Waals surface area contributed by atoms with Crippen molar-refractivity contribution in [2.24, 2.45) is 5.73 Å². The molecule has 1 unspecified atom stereocenters. The molecule has 18 heavy (non-hydrogen) atoms. The lowest BCUT2D eigenvalue weighted by atomic mass is 10.0. The van der Waals surface area contributed by atoms with Crippen LogP contribution in [0.1, 0.15) is 29.9 Å². The Kier molecular flexibility index (Phi) is 4.09. The van der Waals surface area contributed by atoms with Crippen molar-refractivity contribution in [2.45, 2.75) is 19.9 Å². The molecular weight excluding hydrogens is 294 g/mol. The Morgan fingerprint density at radius 1 is 1.33 bits per heavy atom. The van der Waals surface area contributed by atoms with Crippen LogP contribution in [0, 0.1) is 6.92 Å². The second-order valence-corrected chi connectivity index (χ2v) is 4.88. The van der Waals surface area contributed by atoms with Gasteiger partial charge < -0.3 is 14.9 Å². The Morgan fingerprint density at radius 3 is 2.72 bits per heavy atom. The number of halogens is 1. The van der Waals surface area contributed by atoms with Crippen molar-refractivity contribution in [1.82, 2.24) is 0 Å². The van der Waals surface area contributed by atoms with Crippen LogP contribution in [0.25, 0.3) is 0 Å². The third-order valence-corrected chi connectivity index (χ3v) is 3.13. The van der Waals surface area contributed by atoms with E-state index in [2.05, 4.69) is 15.9 Å². The van der Waals surface area contributed by atoms with Gasteiger partial charge in [-0.05, 0) is 48.0 Å². The molecule has 0 amide bonds. The van der Waals surface area contributed by atoms with Crippen LogP contribution >= 0.6 is 15.9 Å². The van der Waals surface area contributed by atoms with E-state index in [-0.39, 0.29) is 6.04 Å². The molecule has 96 valence electrons. The van der Waals surface area contributed by atoms with Crippen molar-refractivity contribution in [3.8, 4) is 5.75 Å². The summed E-state index contributed by atoms with van der Waals surface area (Å²) in [5.41, 5.74) is 8.33. The number of furan rings is 1. The van der Waals surface area contributed by atoms with Crippen LogP contribution < -0.4 is 10.5 Å². The van der Waals surface area contributed by atoms with E-state index in [9.17, 15) is 0 Å². The summed E-state index contributed by atoms with van der Waals surface area (Å²) in [5.74, 6) is 1.52. The van der Waals surface area contributed by atoms with Gasteiger partial charge in [-0.25, -0.2) is 0 Å². The lowest BCUT2D eigenvalue weighted by Gasteiger charge is -2.15. The number of hydrogen-bond donors (Lipinski definition) is 1. The normalized spacial score (nSPS) is 12.4. The quantitative estimate of drug-likeness (QED) is 0.934. The molecule has 1 aromatic carbocycles. The minimum Gasteiger partial charge on any atom is -0.494 e. The molecule has 0 fully saturated rings. The third-order valence-electron chi connectivity index (χ3n) is 2.70. The zero-order valence-electron chi connectivity index (χ0n) is 10.4. The second-order valence-electron chi connectivity index (χ2n) is 4.09. The summed E-state index contributed by atoms with van der Waals surface area (Å²) in [5, 5.41) is 0. The number of benzene rings is 1. The molecule has 3 nitrogen and oxygen atoms in total. The van der Waals surface area contributed by atoms with E-state index >= 15 is 0 Å². The summed E-state index contributed by atoms with van der Waals surface area (Å²) in [7, 11) is 0. The van der Waals surface area contributed by atoms with Crippen LogP contribution in [0.4, 0.5) is 0 Å². The molecule has 1 atom stereocenters. The SMILES string of the molecule is CCOc1ccc(C)cc1C(N)c1ccc(Br)o1. The highest BCUT2D eigenvalue weighted by molar-refractivity contribution is 9.10. The number of nitrogens with two attached hydrogens (primary N) is 1. The summed E-state index contributed by atoms with van der Waals surface area (Å²) in [6, 6.07) is 9.38. The van der Waals surface area contributed by atoms with Gasteiger partial charge in [0.1, 0.15) is 11.5 Å². The van der Waals surface area contributed by atoms with Crippen LogP contribution in [0.5, 0.6) is 5.75 Å². The smallest absolute Gasteiger partial charge is 0.169 e. The number of ether oxygens (including phenoxy) is 1. The predicted octanol–water partition coefficient (Wildman–Crippen LogP) is 3.80. The standard InChI is InChI=1S/C14H16BrNO2/c1-3-17-11-5-4-9(2)8-10(11)14(16)12-6-7-13(15)18-12/h4-8,14H,3,16H2,1-2H3. The van der Waals surface area contributed by atoms with Crippen molar-refractivity contribution in [3.63, 3.8) is 0 Å². The Hall–Kier alpha value is -1.26. The summed E-state index contributed by atoms with van der Waals surface area (Å²) < 4.78 is 11.8. The molecule has 0 radical (unpaired) electrons. The Bertz CT molecular complexity index is 536.